The Hall–Kier alpha value is -3.77. The highest BCUT2D eigenvalue weighted by molar-refractivity contribution is 5.89. The Balaban J connectivity index is 0.000000604. The van der Waals surface area contributed by atoms with Crippen molar-refractivity contribution in [2.75, 3.05) is 36.7 Å². The van der Waals surface area contributed by atoms with Crippen LogP contribution >= 0.6 is 0 Å². The number of carboxylic acid groups (broad SMARTS) is 1. The first-order valence-electron chi connectivity index (χ1n) is 11.6. The topological polar surface area (TPSA) is 129 Å². The number of halogens is 3. The lowest BCUT2D eigenvalue weighted by atomic mass is 9.91. The molecule has 1 aromatic carbocycles. The Labute approximate surface area is 213 Å². The molecule has 37 heavy (non-hydrogen) atoms. The summed E-state index contributed by atoms with van der Waals surface area (Å²) in [6, 6.07) is 7.61. The molecule has 2 amide bonds. The fourth-order valence-electron chi connectivity index (χ4n) is 3.73. The number of alkyl halides is 3. The second-order valence-electron chi connectivity index (χ2n) is 8.80. The number of aliphatic carboxylic acids is 1. The normalized spacial score (nSPS) is 17.1. The predicted octanol–water partition coefficient (Wildman–Crippen LogP) is 4.35. The van der Waals surface area contributed by atoms with Crippen molar-refractivity contribution in [3.05, 3.63) is 35.5 Å². The molecule has 1 aliphatic rings. The average molecular weight is 527 g/mol. The van der Waals surface area contributed by atoms with Gasteiger partial charge in [0.15, 0.2) is 0 Å². The largest absolute Gasteiger partial charge is 0.497 e. The Morgan fingerprint density at radius 3 is 2.22 bits per heavy atom. The predicted molar refractivity (Wildman–Crippen MR) is 134 cm³/mol. The molecule has 1 fully saturated rings. The van der Waals surface area contributed by atoms with Crippen molar-refractivity contribution < 1.29 is 32.6 Å². The number of urea groups is 1. The maximum Gasteiger partial charge on any atom is 0.490 e. The molecule has 0 bridgehead atoms. The number of amides is 2. The van der Waals surface area contributed by atoms with Gasteiger partial charge in [0.05, 0.1) is 7.11 Å². The number of nitrogens with zero attached hydrogens (tertiary/aromatic N) is 3. The van der Waals surface area contributed by atoms with E-state index in [2.05, 4.69) is 25.9 Å². The van der Waals surface area contributed by atoms with Gasteiger partial charge in [0.25, 0.3) is 0 Å². The quantitative estimate of drug-likeness (QED) is 0.438. The summed E-state index contributed by atoms with van der Waals surface area (Å²) in [6.45, 7) is 4.05. The summed E-state index contributed by atoms with van der Waals surface area (Å²) in [5.74, 6) is -0.429. The fourth-order valence-corrected chi connectivity index (χ4v) is 3.73. The number of carboxylic acids is 1. The molecular formula is C24H33F3N6O4. The Morgan fingerprint density at radius 2 is 1.68 bits per heavy atom. The third kappa shape index (κ3) is 9.32. The van der Waals surface area contributed by atoms with Gasteiger partial charge in [-0.1, -0.05) is 6.07 Å². The summed E-state index contributed by atoms with van der Waals surface area (Å²) < 4.78 is 36.9. The zero-order valence-electron chi connectivity index (χ0n) is 21.4. The van der Waals surface area contributed by atoms with Crippen LogP contribution in [0.4, 0.5) is 35.4 Å². The van der Waals surface area contributed by atoms with Gasteiger partial charge < -0.3 is 30.7 Å². The van der Waals surface area contributed by atoms with Crippen molar-refractivity contribution in [3.63, 3.8) is 0 Å². The molecule has 13 heteroatoms. The van der Waals surface area contributed by atoms with Gasteiger partial charge in [-0.2, -0.15) is 18.2 Å². The molecule has 1 saturated carbocycles. The average Bonchev–Trinajstić information content (AvgIpc) is 2.82. The van der Waals surface area contributed by atoms with E-state index in [-0.39, 0.29) is 12.1 Å². The highest BCUT2D eigenvalue weighted by Crippen LogP contribution is 2.24. The second-order valence-corrected chi connectivity index (χ2v) is 8.80. The van der Waals surface area contributed by atoms with E-state index in [1.807, 2.05) is 51.0 Å². The molecule has 10 nitrogen and oxygen atoms in total. The van der Waals surface area contributed by atoms with Gasteiger partial charge in [-0.3, -0.25) is 0 Å². The van der Waals surface area contributed by atoms with Crippen LogP contribution in [0.2, 0.25) is 0 Å². The molecule has 1 aromatic heterocycles. The molecule has 0 unspecified atom stereocenters. The van der Waals surface area contributed by atoms with E-state index in [4.69, 9.17) is 14.6 Å². The zero-order valence-corrected chi connectivity index (χ0v) is 21.4. The van der Waals surface area contributed by atoms with E-state index in [0.717, 1.165) is 42.8 Å². The zero-order chi connectivity index (χ0) is 27.8. The third-order valence-electron chi connectivity index (χ3n) is 5.75. The summed E-state index contributed by atoms with van der Waals surface area (Å²) in [5, 5.41) is 16.6. The maximum absolute atomic E-state index is 12.3. The van der Waals surface area contributed by atoms with Gasteiger partial charge in [-0.05, 0) is 51.7 Å². The number of hydrogen-bond acceptors (Lipinski definition) is 7. The number of benzene rings is 1. The minimum Gasteiger partial charge on any atom is -0.497 e. The minimum atomic E-state index is -5.08. The van der Waals surface area contributed by atoms with Crippen LogP contribution in [0.5, 0.6) is 5.75 Å². The van der Waals surface area contributed by atoms with Crippen LogP contribution in [0.25, 0.3) is 0 Å². The van der Waals surface area contributed by atoms with Crippen LogP contribution in [0, 0.1) is 13.8 Å². The maximum atomic E-state index is 12.3. The molecule has 0 atom stereocenters. The molecular weight excluding hydrogens is 493 g/mol. The number of nitrogens with one attached hydrogen (secondary N) is 3. The molecule has 3 rings (SSSR count). The summed E-state index contributed by atoms with van der Waals surface area (Å²) in [6.07, 6.45) is -1.35. The van der Waals surface area contributed by atoms with Crippen LogP contribution in [0.15, 0.2) is 24.3 Å². The van der Waals surface area contributed by atoms with Crippen LogP contribution < -0.4 is 25.6 Å². The SMILES string of the molecule is COc1cccc(NC(=O)N[C@H]2CC[C@@H](Nc3nc(C)c(C)c(N(C)C)n3)CC2)c1.O=C(O)C(F)(F)F. The fraction of sp³-hybridized carbons (Fsp3) is 0.500. The lowest BCUT2D eigenvalue weighted by molar-refractivity contribution is -0.192. The smallest absolute Gasteiger partial charge is 0.490 e. The number of carbonyl (C=O) groups is 2. The van der Waals surface area contributed by atoms with Gasteiger partial charge in [0, 0.05) is 49.2 Å². The van der Waals surface area contributed by atoms with Crippen molar-refractivity contribution in [2.24, 2.45) is 0 Å². The Kier molecular flexibility index (Phi) is 10.3. The minimum absolute atomic E-state index is 0.159. The first-order valence-corrected chi connectivity index (χ1v) is 11.6. The first kappa shape index (κ1) is 29.5. The highest BCUT2D eigenvalue weighted by atomic mass is 19.4. The van der Waals surface area contributed by atoms with E-state index in [1.165, 1.54) is 0 Å². The molecule has 0 radical (unpaired) electrons. The van der Waals surface area contributed by atoms with Crippen molar-refractivity contribution in [3.8, 4) is 5.75 Å². The van der Waals surface area contributed by atoms with Crippen molar-refractivity contribution in [1.82, 2.24) is 15.3 Å². The van der Waals surface area contributed by atoms with Gasteiger partial charge in [-0.15, -0.1) is 0 Å². The first-order chi connectivity index (χ1) is 17.3. The number of hydrogen-bond donors (Lipinski definition) is 4. The van der Waals surface area contributed by atoms with E-state index >= 15 is 0 Å². The molecule has 2 aromatic rings. The monoisotopic (exact) mass is 526 g/mol. The van der Waals surface area contributed by atoms with Gasteiger partial charge >= 0.3 is 18.2 Å². The molecule has 204 valence electrons. The lowest BCUT2D eigenvalue weighted by Gasteiger charge is -2.30. The number of anilines is 3. The lowest BCUT2D eigenvalue weighted by Crippen LogP contribution is -2.42. The summed E-state index contributed by atoms with van der Waals surface area (Å²) >= 11 is 0. The Bertz CT molecular complexity index is 1070. The second kappa shape index (κ2) is 13.0. The molecule has 4 N–H and O–H groups in total. The summed E-state index contributed by atoms with van der Waals surface area (Å²) in [7, 11) is 5.59. The van der Waals surface area contributed by atoms with E-state index in [1.54, 1.807) is 13.2 Å². The van der Waals surface area contributed by atoms with E-state index in [9.17, 15) is 18.0 Å². The highest BCUT2D eigenvalue weighted by Gasteiger charge is 2.38. The van der Waals surface area contributed by atoms with Crippen molar-refractivity contribution in [1.29, 1.82) is 0 Å². The number of aromatic nitrogens is 2. The number of rotatable bonds is 6. The van der Waals surface area contributed by atoms with Crippen molar-refractivity contribution >= 4 is 29.5 Å². The summed E-state index contributed by atoms with van der Waals surface area (Å²) in [5.41, 5.74) is 2.80. The van der Waals surface area contributed by atoms with E-state index in [0.29, 0.717) is 23.4 Å². The standard InChI is InChI=1S/C22H32N6O2.C2HF3O2/c1-14-15(2)23-21(27-20(14)28(3)4)24-16-9-11-17(12-10-16)25-22(29)26-18-7-6-8-19(13-18)30-5;3-2(4,5)1(6)7/h6-8,13,16-17H,9-12H2,1-5H3,(H,23,24,27)(H2,25,26,29);(H,6,7)/t16-,17+;. The molecule has 0 spiro atoms. The van der Waals surface area contributed by atoms with Gasteiger partial charge in [0.1, 0.15) is 11.6 Å². The Morgan fingerprint density at radius 1 is 1.08 bits per heavy atom. The number of methoxy groups -OCH3 is 1. The number of carbonyl (C=O) groups excluding carboxylic acids is 1. The van der Waals surface area contributed by atoms with Gasteiger partial charge in [0.2, 0.25) is 5.95 Å². The van der Waals surface area contributed by atoms with Crippen LogP contribution in [-0.2, 0) is 4.79 Å². The molecule has 0 aliphatic heterocycles. The molecule has 1 aliphatic carbocycles. The van der Waals surface area contributed by atoms with E-state index < -0.39 is 12.1 Å². The molecule has 1 heterocycles. The van der Waals surface area contributed by atoms with Gasteiger partial charge in [-0.25, -0.2) is 14.6 Å². The molecule has 0 saturated heterocycles. The summed E-state index contributed by atoms with van der Waals surface area (Å²) in [4.78, 5) is 32.5. The third-order valence-corrected chi connectivity index (χ3v) is 5.75. The number of ether oxygens (including phenoxy) is 1. The van der Waals surface area contributed by atoms with Crippen LogP contribution in [-0.4, -0.2) is 66.5 Å². The van der Waals surface area contributed by atoms with Crippen LogP contribution in [0.1, 0.15) is 36.9 Å². The number of aryl methyl sites for hydroxylation is 1. The van der Waals surface area contributed by atoms with Crippen LogP contribution in [0.3, 0.4) is 0 Å². The van der Waals surface area contributed by atoms with Crippen molar-refractivity contribution in [2.45, 2.75) is 57.8 Å².